The zero-order valence-electron chi connectivity index (χ0n) is 11.2. The number of nitrogens with zero attached hydrogens (tertiary/aromatic N) is 1. The van der Waals surface area contributed by atoms with Crippen molar-refractivity contribution in [1.82, 2.24) is 9.97 Å². The molecule has 0 saturated carbocycles. The molecule has 0 saturated heterocycles. The monoisotopic (exact) mass is 306 g/mol. The van der Waals surface area contributed by atoms with Crippen molar-refractivity contribution in [3.05, 3.63) is 40.3 Å². The lowest BCUT2D eigenvalue weighted by atomic mass is 10.1. The number of nitrogens with one attached hydrogen (secondary N) is 1. The van der Waals surface area contributed by atoms with Crippen LogP contribution in [0.1, 0.15) is 10.7 Å². The summed E-state index contributed by atoms with van der Waals surface area (Å²) in [5, 5.41) is 3.66. The molecular formula is C14H14N2O2S2. The van der Waals surface area contributed by atoms with Gasteiger partial charge in [-0.1, -0.05) is 18.2 Å². The average molecular weight is 306 g/mol. The first-order valence-corrected chi connectivity index (χ1v) is 9.08. The molecule has 2 aromatic heterocycles. The fourth-order valence-corrected chi connectivity index (χ4v) is 4.32. The Morgan fingerprint density at radius 3 is 2.80 bits per heavy atom. The van der Waals surface area contributed by atoms with Crippen LogP contribution >= 0.6 is 11.3 Å². The Hall–Kier alpha value is -1.66. The Kier molecular flexibility index (Phi) is 3.14. The summed E-state index contributed by atoms with van der Waals surface area (Å²) in [6, 6.07) is 8.04. The predicted octanol–water partition coefficient (Wildman–Crippen LogP) is 3.14. The van der Waals surface area contributed by atoms with Gasteiger partial charge < -0.3 is 4.98 Å². The first kappa shape index (κ1) is 13.3. The highest BCUT2D eigenvalue weighted by atomic mass is 32.2. The number of fused-ring (bicyclic) bond motifs is 1. The molecule has 0 spiro atoms. The molecule has 1 aromatic carbocycles. The number of para-hydroxylation sites is 1. The van der Waals surface area contributed by atoms with E-state index in [1.807, 2.05) is 36.6 Å². The molecule has 104 valence electrons. The van der Waals surface area contributed by atoms with E-state index in [0.717, 1.165) is 27.9 Å². The Bertz CT molecular complexity index is 876. The summed E-state index contributed by atoms with van der Waals surface area (Å²) in [6.45, 7) is 2.00. The maximum absolute atomic E-state index is 11.3. The Morgan fingerprint density at radius 1 is 1.30 bits per heavy atom. The van der Waals surface area contributed by atoms with E-state index in [4.69, 9.17) is 0 Å². The highest BCUT2D eigenvalue weighted by molar-refractivity contribution is 7.90. The van der Waals surface area contributed by atoms with E-state index in [-0.39, 0.29) is 5.75 Å². The van der Waals surface area contributed by atoms with Crippen molar-refractivity contribution in [2.75, 3.05) is 6.26 Å². The van der Waals surface area contributed by atoms with Crippen LogP contribution in [0.2, 0.25) is 0 Å². The van der Waals surface area contributed by atoms with Crippen LogP contribution < -0.4 is 0 Å². The van der Waals surface area contributed by atoms with Crippen LogP contribution in [0.15, 0.2) is 29.6 Å². The van der Waals surface area contributed by atoms with Gasteiger partial charge >= 0.3 is 0 Å². The van der Waals surface area contributed by atoms with Crippen LogP contribution in [0.25, 0.3) is 22.2 Å². The normalized spacial score (nSPS) is 12.1. The van der Waals surface area contributed by atoms with E-state index in [1.54, 1.807) is 0 Å². The van der Waals surface area contributed by atoms with Crippen LogP contribution in [0.5, 0.6) is 0 Å². The van der Waals surface area contributed by atoms with Gasteiger partial charge in [-0.2, -0.15) is 0 Å². The second kappa shape index (κ2) is 4.71. The molecule has 1 N–H and O–H groups in total. The predicted molar refractivity (Wildman–Crippen MR) is 82.7 cm³/mol. The van der Waals surface area contributed by atoms with E-state index in [1.165, 1.54) is 17.6 Å². The highest BCUT2D eigenvalue weighted by Crippen LogP contribution is 2.32. The molecule has 3 rings (SSSR count). The average Bonchev–Trinajstić information content (AvgIpc) is 2.89. The topological polar surface area (TPSA) is 62.8 Å². The van der Waals surface area contributed by atoms with Crippen LogP contribution in [-0.4, -0.2) is 24.6 Å². The van der Waals surface area contributed by atoms with Gasteiger partial charge in [-0.15, -0.1) is 11.3 Å². The second-order valence-corrected chi connectivity index (χ2v) is 7.95. The summed E-state index contributed by atoms with van der Waals surface area (Å²) >= 11 is 1.39. The van der Waals surface area contributed by atoms with E-state index in [0.29, 0.717) is 5.01 Å². The molecule has 0 radical (unpaired) electrons. The molecule has 0 atom stereocenters. The van der Waals surface area contributed by atoms with Crippen molar-refractivity contribution >= 4 is 32.1 Å². The van der Waals surface area contributed by atoms with Crippen molar-refractivity contribution in [3.8, 4) is 11.3 Å². The molecule has 0 amide bonds. The van der Waals surface area contributed by atoms with Crippen LogP contribution in [0.4, 0.5) is 0 Å². The minimum atomic E-state index is -3.05. The van der Waals surface area contributed by atoms with E-state index in [9.17, 15) is 8.42 Å². The molecule has 4 nitrogen and oxygen atoms in total. The van der Waals surface area contributed by atoms with Crippen LogP contribution in [-0.2, 0) is 15.6 Å². The van der Waals surface area contributed by atoms with Crippen molar-refractivity contribution in [2.45, 2.75) is 12.7 Å². The number of aromatic amines is 1. The van der Waals surface area contributed by atoms with Crippen molar-refractivity contribution in [3.63, 3.8) is 0 Å². The van der Waals surface area contributed by atoms with Crippen molar-refractivity contribution < 1.29 is 8.42 Å². The molecule has 6 heteroatoms. The third-order valence-corrected chi connectivity index (χ3v) is 4.92. The van der Waals surface area contributed by atoms with Gasteiger partial charge in [0, 0.05) is 33.8 Å². The number of thiazole rings is 1. The molecule has 0 aliphatic carbocycles. The zero-order valence-corrected chi connectivity index (χ0v) is 12.8. The number of rotatable bonds is 3. The van der Waals surface area contributed by atoms with E-state index < -0.39 is 9.84 Å². The number of benzene rings is 1. The molecule has 20 heavy (non-hydrogen) atoms. The number of aromatic nitrogens is 2. The van der Waals surface area contributed by atoms with Crippen molar-refractivity contribution in [2.24, 2.45) is 0 Å². The molecule has 0 fully saturated rings. The first-order chi connectivity index (χ1) is 9.44. The fourth-order valence-electron chi connectivity index (χ4n) is 2.32. The van der Waals surface area contributed by atoms with Crippen LogP contribution in [0, 0.1) is 6.92 Å². The van der Waals surface area contributed by atoms with Gasteiger partial charge in [-0.05, 0) is 13.0 Å². The summed E-state index contributed by atoms with van der Waals surface area (Å²) in [6.07, 6.45) is 1.23. The number of sulfone groups is 1. The minimum Gasteiger partial charge on any atom is -0.358 e. The molecule has 2 heterocycles. The lowest BCUT2D eigenvalue weighted by Crippen LogP contribution is -1.99. The van der Waals surface area contributed by atoms with Gasteiger partial charge in [0.05, 0.1) is 5.69 Å². The summed E-state index contributed by atoms with van der Waals surface area (Å²) in [7, 11) is -3.05. The number of hydrogen-bond acceptors (Lipinski definition) is 4. The molecule has 0 aliphatic rings. The largest absolute Gasteiger partial charge is 0.358 e. The standard InChI is InChI=1S/C14H14N2O2S2/c1-9-14(10-5-3-4-6-11(10)15-9)12-7-19-13(16-12)8-20(2,17)18/h3-7,15H,8H2,1-2H3. The van der Waals surface area contributed by atoms with E-state index >= 15 is 0 Å². The number of aryl methyl sites for hydroxylation is 1. The maximum Gasteiger partial charge on any atom is 0.153 e. The lowest BCUT2D eigenvalue weighted by molar-refractivity contribution is 0.601. The third kappa shape index (κ3) is 2.48. The van der Waals surface area contributed by atoms with Gasteiger partial charge in [-0.25, -0.2) is 13.4 Å². The highest BCUT2D eigenvalue weighted by Gasteiger charge is 2.15. The summed E-state index contributed by atoms with van der Waals surface area (Å²) in [4.78, 5) is 7.80. The van der Waals surface area contributed by atoms with Gasteiger partial charge in [0.1, 0.15) is 10.8 Å². The Morgan fingerprint density at radius 2 is 2.05 bits per heavy atom. The lowest BCUT2D eigenvalue weighted by Gasteiger charge is -1.97. The first-order valence-electron chi connectivity index (χ1n) is 6.14. The Labute approximate surface area is 121 Å². The summed E-state index contributed by atoms with van der Waals surface area (Å²) in [5.41, 5.74) is 4.00. The zero-order chi connectivity index (χ0) is 14.3. The smallest absolute Gasteiger partial charge is 0.153 e. The van der Waals surface area contributed by atoms with Gasteiger partial charge in [0.2, 0.25) is 0 Å². The second-order valence-electron chi connectivity index (χ2n) is 4.87. The quantitative estimate of drug-likeness (QED) is 0.808. The summed E-state index contributed by atoms with van der Waals surface area (Å²) in [5.74, 6) is -0.000923. The van der Waals surface area contributed by atoms with Crippen molar-refractivity contribution in [1.29, 1.82) is 0 Å². The number of hydrogen-bond donors (Lipinski definition) is 1. The van der Waals surface area contributed by atoms with Gasteiger partial charge in [0.15, 0.2) is 9.84 Å². The summed E-state index contributed by atoms with van der Waals surface area (Å²) < 4.78 is 22.7. The van der Waals surface area contributed by atoms with Crippen LogP contribution in [0.3, 0.4) is 0 Å². The Balaban J connectivity index is 2.10. The molecular weight excluding hydrogens is 292 g/mol. The third-order valence-electron chi connectivity index (χ3n) is 3.09. The molecule has 0 bridgehead atoms. The number of H-pyrrole nitrogens is 1. The van der Waals surface area contributed by atoms with Gasteiger partial charge in [-0.3, -0.25) is 0 Å². The molecule has 0 unspecified atom stereocenters. The molecule has 3 aromatic rings. The fraction of sp³-hybridized carbons (Fsp3) is 0.214. The molecule has 0 aliphatic heterocycles. The maximum atomic E-state index is 11.3. The van der Waals surface area contributed by atoms with Gasteiger partial charge in [0.25, 0.3) is 0 Å². The minimum absolute atomic E-state index is 0.000923. The van der Waals surface area contributed by atoms with E-state index in [2.05, 4.69) is 9.97 Å². The SMILES string of the molecule is Cc1[nH]c2ccccc2c1-c1csc(CS(C)(=O)=O)n1.